The molecule has 4 nitrogen and oxygen atoms in total. The first-order valence-electron chi connectivity index (χ1n) is 6.95. The maximum Gasteiger partial charge on any atom is 0.260 e. The smallest absolute Gasteiger partial charge is 0.260 e. The number of hydrogen-bond acceptors (Lipinski definition) is 3. The Bertz CT molecular complexity index is 449. The maximum absolute atomic E-state index is 13.8. The normalized spacial score (nSPS) is 13.7. The Morgan fingerprint density at radius 3 is 2.70 bits per heavy atom. The summed E-state index contributed by atoms with van der Waals surface area (Å²) in [5.41, 5.74) is 6.37. The third-order valence-corrected chi connectivity index (χ3v) is 2.98. The van der Waals surface area contributed by atoms with Crippen LogP contribution in [0.15, 0.2) is 18.2 Å². The van der Waals surface area contributed by atoms with Crippen LogP contribution in [0.2, 0.25) is 0 Å². The van der Waals surface area contributed by atoms with Crippen LogP contribution in [0.3, 0.4) is 0 Å². The Labute approximate surface area is 119 Å². The number of nitrogens with one attached hydrogen (secondary N) is 1. The van der Waals surface area contributed by atoms with Gasteiger partial charge in [-0.3, -0.25) is 4.79 Å². The molecule has 0 aliphatic carbocycles. The van der Waals surface area contributed by atoms with Crippen LogP contribution in [0, 0.1) is 5.82 Å². The molecule has 0 fully saturated rings. The summed E-state index contributed by atoms with van der Waals surface area (Å²) in [6.45, 7) is 6.02. The first-order valence-corrected chi connectivity index (χ1v) is 6.95. The SMILES string of the molecule is CCCCNC(=O)C(C)Oc1ccc([C@@H](C)N)cc1F. The molecule has 0 aromatic heterocycles. The topological polar surface area (TPSA) is 64.3 Å². The lowest BCUT2D eigenvalue weighted by Crippen LogP contribution is -2.36. The molecule has 0 bridgehead atoms. The molecule has 112 valence electrons. The highest BCUT2D eigenvalue weighted by Gasteiger charge is 2.16. The van der Waals surface area contributed by atoms with Crippen LogP contribution < -0.4 is 15.8 Å². The number of hydrogen-bond donors (Lipinski definition) is 2. The molecular formula is C15H23FN2O2. The zero-order valence-corrected chi connectivity index (χ0v) is 12.3. The predicted octanol–water partition coefficient (Wildman–Crippen LogP) is 2.53. The van der Waals surface area contributed by atoms with E-state index >= 15 is 0 Å². The summed E-state index contributed by atoms with van der Waals surface area (Å²) in [4.78, 5) is 11.7. The number of rotatable bonds is 7. The number of nitrogens with two attached hydrogens (primary N) is 1. The van der Waals surface area contributed by atoms with E-state index in [1.165, 1.54) is 12.1 Å². The van der Waals surface area contributed by atoms with Gasteiger partial charge in [-0.1, -0.05) is 19.4 Å². The lowest BCUT2D eigenvalue weighted by molar-refractivity contribution is -0.127. The van der Waals surface area contributed by atoms with Gasteiger partial charge in [-0.15, -0.1) is 0 Å². The van der Waals surface area contributed by atoms with Gasteiger partial charge in [0.2, 0.25) is 0 Å². The van der Waals surface area contributed by atoms with E-state index in [1.807, 2.05) is 6.92 Å². The fourth-order valence-corrected chi connectivity index (χ4v) is 1.67. The van der Waals surface area contributed by atoms with Gasteiger partial charge in [0, 0.05) is 12.6 Å². The van der Waals surface area contributed by atoms with Gasteiger partial charge in [-0.25, -0.2) is 4.39 Å². The van der Waals surface area contributed by atoms with Crippen molar-refractivity contribution >= 4 is 5.91 Å². The monoisotopic (exact) mass is 282 g/mol. The maximum atomic E-state index is 13.8. The van der Waals surface area contributed by atoms with E-state index in [1.54, 1.807) is 19.9 Å². The summed E-state index contributed by atoms with van der Waals surface area (Å²) in [5, 5.41) is 2.75. The second kappa shape index (κ2) is 7.85. The van der Waals surface area contributed by atoms with E-state index in [4.69, 9.17) is 10.5 Å². The molecule has 0 spiro atoms. The third-order valence-electron chi connectivity index (χ3n) is 2.98. The van der Waals surface area contributed by atoms with E-state index < -0.39 is 11.9 Å². The molecule has 0 heterocycles. The minimum absolute atomic E-state index is 0.0625. The summed E-state index contributed by atoms with van der Waals surface area (Å²) >= 11 is 0. The lowest BCUT2D eigenvalue weighted by Gasteiger charge is -2.16. The molecule has 0 saturated carbocycles. The van der Waals surface area contributed by atoms with Gasteiger partial charge in [0.15, 0.2) is 17.7 Å². The molecule has 2 atom stereocenters. The Kier molecular flexibility index (Phi) is 6.45. The highest BCUT2D eigenvalue weighted by atomic mass is 19.1. The molecule has 3 N–H and O–H groups in total. The lowest BCUT2D eigenvalue weighted by atomic mass is 10.1. The molecule has 0 radical (unpaired) electrons. The molecule has 1 amide bonds. The minimum Gasteiger partial charge on any atom is -0.478 e. The van der Waals surface area contributed by atoms with Gasteiger partial charge in [-0.05, 0) is 38.0 Å². The third kappa shape index (κ3) is 4.81. The number of carbonyl (C=O) groups excluding carboxylic acids is 1. The zero-order chi connectivity index (χ0) is 15.1. The first kappa shape index (κ1) is 16.4. The largest absolute Gasteiger partial charge is 0.478 e. The van der Waals surface area contributed by atoms with Crippen molar-refractivity contribution in [3.63, 3.8) is 0 Å². The van der Waals surface area contributed by atoms with Gasteiger partial charge in [-0.2, -0.15) is 0 Å². The number of carbonyl (C=O) groups is 1. The highest BCUT2D eigenvalue weighted by molar-refractivity contribution is 5.80. The van der Waals surface area contributed by atoms with Crippen LogP contribution in [0.25, 0.3) is 0 Å². The number of ether oxygens (including phenoxy) is 1. The summed E-state index contributed by atoms with van der Waals surface area (Å²) in [7, 11) is 0. The van der Waals surface area contributed by atoms with Gasteiger partial charge < -0.3 is 15.8 Å². The average molecular weight is 282 g/mol. The number of amides is 1. The second-order valence-corrected chi connectivity index (χ2v) is 4.88. The van der Waals surface area contributed by atoms with Gasteiger partial charge >= 0.3 is 0 Å². The van der Waals surface area contributed by atoms with Gasteiger partial charge in [0.25, 0.3) is 5.91 Å². The number of halogens is 1. The van der Waals surface area contributed by atoms with E-state index in [0.29, 0.717) is 12.1 Å². The Morgan fingerprint density at radius 1 is 1.45 bits per heavy atom. The van der Waals surface area contributed by atoms with E-state index in [-0.39, 0.29) is 17.7 Å². The van der Waals surface area contributed by atoms with Crippen molar-refractivity contribution in [2.45, 2.75) is 45.8 Å². The molecule has 5 heteroatoms. The highest BCUT2D eigenvalue weighted by Crippen LogP contribution is 2.22. The van der Waals surface area contributed by atoms with Crippen LogP contribution >= 0.6 is 0 Å². The molecule has 0 aliphatic rings. The van der Waals surface area contributed by atoms with Crippen molar-refractivity contribution in [3.05, 3.63) is 29.6 Å². The van der Waals surface area contributed by atoms with Gasteiger partial charge in [0.1, 0.15) is 0 Å². The van der Waals surface area contributed by atoms with Crippen molar-refractivity contribution in [1.82, 2.24) is 5.32 Å². The molecule has 1 aromatic carbocycles. The quantitative estimate of drug-likeness (QED) is 0.755. The molecule has 20 heavy (non-hydrogen) atoms. The number of benzene rings is 1. The zero-order valence-electron chi connectivity index (χ0n) is 12.3. The fraction of sp³-hybridized carbons (Fsp3) is 0.533. The molecule has 1 aromatic rings. The van der Waals surface area contributed by atoms with Crippen LogP contribution in [0.4, 0.5) is 4.39 Å². The van der Waals surface area contributed by atoms with Gasteiger partial charge in [0.05, 0.1) is 0 Å². The molecule has 1 rings (SSSR count). The van der Waals surface area contributed by atoms with Crippen LogP contribution in [0.5, 0.6) is 5.75 Å². The Morgan fingerprint density at radius 2 is 2.15 bits per heavy atom. The minimum atomic E-state index is -0.734. The number of unbranched alkanes of at least 4 members (excludes halogenated alkanes) is 1. The summed E-state index contributed by atoms with van der Waals surface area (Å²) in [5.74, 6) is -0.685. The standard InChI is InChI=1S/C15H23FN2O2/c1-4-5-8-18-15(19)11(3)20-14-7-6-12(10(2)17)9-13(14)16/h6-7,9-11H,4-5,8,17H2,1-3H3,(H,18,19)/t10-,11?/m1/s1. The van der Waals surface area contributed by atoms with Crippen molar-refractivity contribution in [1.29, 1.82) is 0 Å². The van der Waals surface area contributed by atoms with Crippen molar-refractivity contribution in [2.24, 2.45) is 5.73 Å². The summed E-state index contributed by atoms with van der Waals surface area (Å²) < 4.78 is 19.2. The van der Waals surface area contributed by atoms with Crippen molar-refractivity contribution in [2.75, 3.05) is 6.54 Å². The Hall–Kier alpha value is -1.62. The van der Waals surface area contributed by atoms with E-state index in [2.05, 4.69) is 5.32 Å². The predicted molar refractivity (Wildman–Crippen MR) is 77.0 cm³/mol. The van der Waals surface area contributed by atoms with Crippen LogP contribution in [-0.4, -0.2) is 18.6 Å². The van der Waals surface area contributed by atoms with Crippen LogP contribution in [-0.2, 0) is 4.79 Å². The first-order chi connectivity index (χ1) is 9.45. The summed E-state index contributed by atoms with van der Waals surface area (Å²) in [6, 6.07) is 4.30. The van der Waals surface area contributed by atoms with Crippen molar-refractivity contribution < 1.29 is 13.9 Å². The average Bonchev–Trinajstić information content (AvgIpc) is 2.40. The van der Waals surface area contributed by atoms with E-state index in [0.717, 1.165) is 12.8 Å². The Balaban J connectivity index is 2.61. The molecule has 0 saturated heterocycles. The summed E-state index contributed by atoms with van der Waals surface area (Å²) in [6.07, 6.45) is 1.18. The van der Waals surface area contributed by atoms with Crippen molar-refractivity contribution in [3.8, 4) is 5.75 Å². The molecular weight excluding hydrogens is 259 g/mol. The fourth-order valence-electron chi connectivity index (χ4n) is 1.67. The van der Waals surface area contributed by atoms with E-state index in [9.17, 15) is 9.18 Å². The molecule has 1 unspecified atom stereocenters. The molecule has 0 aliphatic heterocycles. The van der Waals surface area contributed by atoms with Crippen LogP contribution in [0.1, 0.15) is 45.2 Å². The second-order valence-electron chi connectivity index (χ2n) is 4.88.